The summed E-state index contributed by atoms with van der Waals surface area (Å²) in [5.74, 6) is 0.807. The number of aliphatic hydroxyl groups excluding tert-OH is 1. The van der Waals surface area contributed by atoms with Crippen molar-refractivity contribution in [3.8, 4) is 5.75 Å². The third-order valence-corrected chi connectivity index (χ3v) is 3.26. The molecule has 0 spiro atoms. The highest BCUT2D eigenvalue weighted by molar-refractivity contribution is 5.39. The van der Waals surface area contributed by atoms with E-state index in [0.717, 1.165) is 22.7 Å². The molecule has 0 saturated carbocycles. The first-order valence-corrected chi connectivity index (χ1v) is 7.03. The number of aromatic nitrogens is 2. The molecule has 2 heterocycles. The fourth-order valence-electron chi connectivity index (χ4n) is 2.28. The van der Waals surface area contributed by atoms with Crippen molar-refractivity contribution in [3.05, 3.63) is 66.1 Å². The molecular formula is C17H18N2O2. The molecule has 0 fully saturated rings. The highest BCUT2D eigenvalue weighted by atomic mass is 16.5. The van der Waals surface area contributed by atoms with Crippen molar-refractivity contribution in [3.63, 3.8) is 0 Å². The first kappa shape index (κ1) is 13.6. The Labute approximate surface area is 123 Å². The van der Waals surface area contributed by atoms with Crippen LogP contribution in [0.25, 0.3) is 5.65 Å². The molecule has 0 bridgehead atoms. The van der Waals surface area contributed by atoms with Gasteiger partial charge in [0.05, 0.1) is 11.8 Å². The summed E-state index contributed by atoms with van der Waals surface area (Å²) in [6, 6.07) is 13.7. The van der Waals surface area contributed by atoms with Crippen LogP contribution in [0.1, 0.15) is 18.2 Å². The number of aliphatic hydroxyl groups is 1. The van der Waals surface area contributed by atoms with E-state index in [0.29, 0.717) is 13.0 Å². The Balaban J connectivity index is 1.64. The van der Waals surface area contributed by atoms with E-state index < -0.39 is 0 Å². The molecule has 3 rings (SSSR count). The van der Waals surface area contributed by atoms with E-state index in [2.05, 4.69) is 4.98 Å². The number of pyridine rings is 1. The number of ether oxygens (including phenoxy) is 1. The van der Waals surface area contributed by atoms with Gasteiger partial charge in [0, 0.05) is 12.4 Å². The first-order valence-electron chi connectivity index (χ1n) is 7.03. The van der Waals surface area contributed by atoms with Gasteiger partial charge in [0.1, 0.15) is 18.0 Å². The highest BCUT2D eigenvalue weighted by Crippen LogP contribution is 2.15. The third kappa shape index (κ3) is 3.41. The van der Waals surface area contributed by atoms with Crippen LogP contribution in [0, 0.1) is 0 Å². The van der Waals surface area contributed by atoms with E-state index >= 15 is 0 Å². The smallest absolute Gasteiger partial charge is 0.137 e. The summed E-state index contributed by atoms with van der Waals surface area (Å²) in [5.41, 5.74) is 2.92. The van der Waals surface area contributed by atoms with Gasteiger partial charge in [0.25, 0.3) is 0 Å². The van der Waals surface area contributed by atoms with Crippen LogP contribution in [-0.4, -0.2) is 20.6 Å². The zero-order valence-electron chi connectivity index (χ0n) is 11.9. The molecule has 1 atom stereocenters. The Kier molecular flexibility index (Phi) is 3.88. The van der Waals surface area contributed by atoms with Crippen molar-refractivity contribution >= 4 is 5.65 Å². The normalized spacial score (nSPS) is 12.5. The molecule has 0 aliphatic heterocycles. The number of hydrogen-bond donors (Lipinski definition) is 1. The zero-order valence-corrected chi connectivity index (χ0v) is 11.9. The Bertz CT molecular complexity index is 684. The highest BCUT2D eigenvalue weighted by Gasteiger charge is 2.03. The predicted molar refractivity (Wildman–Crippen MR) is 81.4 cm³/mol. The van der Waals surface area contributed by atoms with Gasteiger partial charge in [-0.1, -0.05) is 18.2 Å². The van der Waals surface area contributed by atoms with E-state index in [1.165, 1.54) is 0 Å². The van der Waals surface area contributed by atoms with Gasteiger partial charge in [-0.3, -0.25) is 0 Å². The summed E-state index contributed by atoms with van der Waals surface area (Å²) >= 11 is 0. The summed E-state index contributed by atoms with van der Waals surface area (Å²) in [5, 5.41) is 9.35. The van der Waals surface area contributed by atoms with Crippen molar-refractivity contribution in [2.75, 3.05) is 0 Å². The summed E-state index contributed by atoms with van der Waals surface area (Å²) in [7, 11) is 0. The van der Waals surface area contributed by atoms with Gasteiger partial charge in [-0.25, -0.2) is 4.98 Å². The number of rotatable bonds is 5. The average Bonchev–Trinajstić information content (AvgIpc) is 2.89. The SMILES string of the molecule is CC(O)Cc1ccc(OCc2cn3ccccc3n2)cc1. The van der Waals surface area contributed by atoms with Gasteiger partial charge in [-0.2, -0.15) is 0 Å². The maximum Gasteiger partial charge on any atom is 0.137 e. The van der Waals surface area contributed by atoms with Crippen molar-refractivity contribution in [2.24, 2.45) is 0 Å². The maximum absolute atomic E-state index is 9.35. The Morgan fingerprint density at radius 1 is 1.19 bits per heavy atom. The second-order valence-electron chi connectivity index (χ2n) is 5.18. The fourth-order valence-corrected chi connectivity index (χ4v) is 2.28. The van der Waals surface area contributed by atoms with Crippen LogP contribution in [-0.2, 0) is 13.0 Å². The summed E-state index contributed by atoms with van der Waals surface area (Å²) in [4.78, 5) is 4.49. The molecule has 1 N–H and O–H groups in total. The van der Waals surface area contributed by atoms with Crippen molar-refractivity contribution in [2.45, 2.75) is 26.1 Å². The van der Waals surface area contributed by atoms with Gasteiger partial charge >= 0.3 is 0 Å². The Hall–Kier alpha value is -2.33. The van der Waals surface area contributed by atoms with Crippen LogP contribution < -0.4 is 4.74 Å². The molecule has 1 unspecified atom stereocenters. The molecule has 21 heavy (non-hydrogen) atoms. The monoisotopic (exact) mass is 282 g/mol. The number of benzene rings is 1. The topological polar surface area (TPSA) is 46.8 Å². The minimum atomic E-state index is -0.324. The lowest BCUT2D eigenvalue weighted by atomic mass is 10.1. The second-order valence-corrected chi connectivity index (χ2v) is 5.18. The quantitative estimate of drug-likeness (QED) is 0.782. The number of hydrogen-bond acceptors (Lipinski definition) is 3. The van der Waals surface area contributed by atoms with Gasteiger partial charge in [-0.15, -0.1) is 0 Å². The molecule has 0 aliphatic carbocycles. The number of fused-ring (bicyclic) bond motifs is 1. The molecule has 3 aromatic rings. The van der Waals surface area contributed by atoms with Crippen LogP contribution in [0.15, 0.2) is 54.9 Å². The van der Waals surface area contributed by atoms with Crippen molar-refractivity contribution in [1.82, 2.24) is 9.38 Å². The average molecular weight is 282 g/mol. The fraction of sp³-hybridized carbons (Fsp3) is 0.235. The van der Waals surface area contributed by atoms with Crippen LogP contribution in [0.2, 0.25) is 0 Å². The molecule has 108 valence electrons. The van der Waals surface area contributed by atoms with Gasteiger partial charge in [-0.05, 0) is 43.2 Å². The molecule has 2 aromatic heterocycles. The largest absolute Gasteiger partial charge is 0.487 e. The lowest BCUT2D eigenvalue weighted by molar-refractivity contribution is 0.195. The third-order valence-electron chi connectivity index (χ3n) is 3.26. The molecule has 4 heteroatoms. The maximum atomic E-state index is 9.35. The van der Waals surface area contributed by atoms with Gasteiger partial charge in [0.2, 0.25) is 0 Å². The van der Waals surface area contributed by atoms with Crippen molar-refractivity contribution < 1.29 is 9.84 Å². The summed E-state index contributed by atoms with van der Waals surface area (Å²) in [6.07, 6.45) is 4.27. The Morgan fingerprint density at radius 2 is 2.00 bits per heavy atom. The lowest BCUT2D eigenvalue weighted by Crippen LogP contribution is -2.04. The summed E-state index contributed by atoms with van der Waals surface area (Å²) < 4.78 is 7.72. The van der Waals surface area contributed by atoms with E-state index in [-0.39, 0.29) is 6.10 Å². The van der Waals surface area contributed by atoms with Crippen LogP contribution >= 0.6 is 0 Å². The second kappa shape index (κ2) is 5.97. The number of nitrogens with zero attached hydrogens (tertiary/aromatic N) is 2. The van der Waals surface area contributed by atoms with Crippen LogP contribution in [0.3, 0.4) is 0 Å². The minimum absolute atomic E-state index is 0.324. The molecule has 0 aliphatic rings. The van der Waals surface area contributed by atoms with Crippen LogP contribution in [0.4, 0.5) is 0 Å². The molecule has 0 saturated heterocycles. The van der Waals surface area contributed by atoms with Gasteiger partial charge in [0.15, 0.2) is 0 Å². The minimum Gasteiger partial charge on any atom is -0.487 e. The standard InChI is InChI=1S/C17H18N2O2/c1-13(20)10-14-5-7-16(8-6-14)21-12-15-11-19-9-3-2-4-17(19)18-15/h2-9,11,13,20H,10,12H2,1H3. The van der Waals surface area contributed by atoms with E-state index in [1.807, 2.05) is 59.3 Å². The van der Waals surface area contributed by atoms with Crippen molar-refractivity contribution in [1.29, 1.82) is 0 Å². The van der Waals surface area contributed by atoms with Gasteiger partial charge < -0.3 is 14.2 Å². The predicted octanol–water partition coefficient (Wildman–Crippen LogP) is 2.84. The molecule has 1 aromatic carbocycles. The molecule has 0 amide bonds. The van der Waals surface area contributed by atoms with Crippen LogP contribution in [0.5, 0.6) is 5.75 Å². The van der Waals surface area contributed by atoms with E-state index in [4.69, 9.17) is 4.74 Å². The molecule has 0 radical (unpaired) electrons. The van der Waals surface area contributed by atoms with E-state index in [1.54, 1.807) is 6.92 Å². The Morgan fingerprint density at radius 3 is 2.71 bits per heavy atom. The molecule has 4 nitrogen and oxygen atoms in total. The number of imidazole rings is 1. The van der Waals surface area contributed by atoms with E-state index in [9.17, 15) is 5.11 Å². The zero-order chi connectivity index (χ0) is 14.7. The summed E-state index contributed by atoms with van der Waals surface area (Å²) in [6.45, 7) is 2.23. The molecular weight excluding hydrogens is 264 g/mol. The first-order chi connectivity index (χ1) is 10.2. The lowest BCUT2D eigenvalue weighted by Gasteiger charge is -2.07.